The topological polar surface area (TPSA) is 112 Å². The van der Waals surface area contributed by atoms with Crippen molar-refractivity contribution in [3.63, 3.8) is 0 Å². The third kappa shape index (κ3) is 4.49. The maximum atomic E-state index is 11.8. The van der Waals surface area contributed by atoms with E-state index in [1.165, 1.54) is 30.2 Å². The van der Waals surface area contributed by atoms with Gasteiger partial charge in [-0.05, 0) is 29.5 Å². The molecular weight excluding hydrogens is 300 g/mol. The smallest absolute Gasteiger partial charge is 0.328 e. The Morgan fingerprint density at radius 1 is 1.48 bits per heavy atom. The Hall–Kier alpha value is -2.55. The Kier molecular flexibility index (Phi) is 4.77. The van der Waals surface area contributed by atoms with Crippen LogP contribution in [-0.2, 0) is 20.9 Å². The van der Waals surface area contributed by atoms with Crippen LogP contribution < -0.4 is 5.32 Å². The first-order valence-corrected chi connectivity index (χ1v) is 6.25. The number of hydrogen-bond acceptors (Lipinski definition) is 7. The van der Waals surface area contributed by atoms with Crippen LogP contribution in [0.25, 0.3) is 0 Å². The van der Waals surface area contributed by atoms with Gasteiger partial charge in [0, 0.05) is 6.20 Å². The standard InChI is InChI=1S/C11H11ClN6O3/c1-7(21-10(19)5-18-6-14-16-17-18)11(20)15-9-3-2-8(12)4-13-9/h2-4,6-7H,5H2,1H3,(H,13,15,20)/t7-/m1/s1. The number of halogens is 1. The number of carbonyl (C=O) groups excluding carboxylic acids is 2. The summed E-state index contributed by atoms with van der Waals surface area (Å²) in [5.74, 6) is -0.823. The van der Waals surface area contributed by atoms with Crippen molar-refractivity contribution in [1.82, 2.24) is 25.2 Å². The van der Waals surface area contributed by atoms with E-state index in [0.717, 1.165) is 0 Å². The molecule has 0 fully saturated rings. The van der Waals surface area contributed by atoms with Gasteiger partial charge in [0.25, 0.3) is 5.91 Å². The number of ether oxygens (including phenoxy) is 1. The minimum atomic E-state index is -0.980. The molecular formula is C11H11ClN6O3. The summed E-state index contributed by atoms with van der Waals surface area (Å²) in [6.07, 6.45) is 1.68. The lowest BCUT2D eigenvalue weighted by Crippen LogP contribution is -2.31. The van der Waals surface area contributed by atoms with E-state index >= 15 is 0 Å². The van der Waals surface area contributed by atoms with Crippen LogP contribution in [0.3, 0.4) is 0 Å². The van der Waals surface area contributed by atoms with E-state index in [4.69, 9.17) is 16.3 Å². The van der Waals surface area contributed by atoms with Crippen molar-refractivity contribution < 1.29 is 14.3 Å². The number of nitrogens with one attached hydrogen (secondary N) is 1. The number of rotatable bonds is 5. The van der Waals surface area contributed by atoms with Gasteiger partial charge in [-0.3, -0.25) is 9.59 Å². The number of esters is 1. The molecule has 0 bridgehead atoms. The van der Waals surface area contributed by atoms with E-state index in [2.05, 4.69) is 25.8 Å². The van der Waals surface area contributed by atoms with E-state index in [0.29, 0.717) is 10.8 Å². The average Bonchev–Trinajstić information content (AvgIpc) is 2.94. The number of carbonyl (C=O) groups is 2. The minimum absolute atomic E-state index is 0.177. The molecule has 2 rings (SSSR count). The molecule has 110 valence electrons. The zero-order chi connectivity index (χ0) is 15.2. The van der Waals surface area contributed by atoms with Crippen LogP contribution >= 0.6 is 11.6 Å². The fraction of sp³-hybridized carbons (Fsp3) is 0.273. The first-order valence-electron chi connectivity index (χ1n) is 5.87. The molecule has 1 atom stereocenters. The van der Waals surface area contributed by atoms with Crippen molar-refractivity contribution in [2.45, 2.75) is 19.6 Å². The van der Waals surface area contributed by atoms with Gasteiger partial charge < -0.3 is 10.1 Å². The van der Waals surface area contributed by atoms with E-state index in [1.54, 1.807) is 6.07 Å². The maximum absolute atomic E-state index is 11.8. The number of hydrogen-bond donors (Lipinski definition) is 1. The number of amides is 1. The molecule has 21 heavy (non-hydrogen) atoms. The van der Waals surface area contributed by atoms with Crippen molar-refractivity contribution in [1.29, 1.82) is 0 Å². The second kappa shape index (κ2) is 6.75. The summed E-state index contributed by atoms with van der Waals surface area (Å²) in [5.41, 5.74) is 0. The molecule has 1 amide bonds. The SMILES string of the molecule is C[C@@H](OC(=O)Cn1cnnn1)C(=O)Nc1ccc(Cl)cn1. The highest BCUT2D eigenvalue weighted by Gasteiger charge is 2.18. The van der Waals surface area contributed by atoms with Gasteiger partial charge in [-0.15, -0.1) is 5.10 Å². The van der Waals surface area contributed by atoms with E-state index < -0.39 is 18.0 Å². The molecule has 10 heteroatoms. The van der Waals surface area contributed by atoms with Crippen molar-refractivity contribution in [2.24, 2.45) is 0 Å². The highest BCUT2D eigenvalue weighted by atomic mass is 35.5. The van der Waals surface area contributed by atoms with E-state index in [-0.39, 0.29) is 6.54 Å². The highest BCUT2D eigenvalue weighted by molar-refractivity contribution is 6.30. The average molecular weight is 311 g/mol. The lowest BCUT2D eigenvalue weighted by atomic mass is 10.3. The molecule has 2 aromatic rings. The zero-order valence-corrected chi connectivity index (χ0v) is 11.7. The Balaban J connectivity index is 1.84. The summed E-state index contributed by atoms with van der Waals surface area (Å²) in [4.78, 5) is 27.3. The maximum Gasteiger partial charge on any atom is 0.328 e. The Bertz CT molecular complexity index is 615. The molecule has 0 saturated carbocycles. The Labute approximate surface area is 124 Å². The first kappa shape index (κ1) is 14.9. The summed E-state index contributed by atoms with van der Waals surface area (Å²) in [6, 6.07) is 3.12. The summed E-state index contributed by atoms with van der Waals surface area (Å²) in [5, 5.41) is 13.2. The minimum Gasteiger partial charge on any atom is -0.451 e. The summed E-state index contributed by atoms with van der Waals surface area (Å²) >= 11 is 5.68. The number of pyridine rings is 1. The van der Waals surface area contributed by atoms with Gasteiger partial charge in [0.15, 0.2) is 6.10 Å². The molecule has 1 N–H and O–H groups in total. The van der Waals surface area contributed by atoms with E-state index in [9.17, 15) is 9.59 Å². The summed E-state index contributed by atoms with van der Waals surface area (Å²) in [7, 11) is 0. The quantitative estimate of drug-likeness (QED) is 0.790. The van der Waals surface area contributed by atoms with Crippen molar-refractivity contribution >= 4 is 29.3 Å². The van der Waals surface area contributed by atoms with Crippen molar-refractivity contribution in [2.75, 3.05) is 5.32 Å². The van der Waals surface area contributed by atoms with Crippen molar-refractivity contribution in [3.05, 3.63) is 29.7 Å². The van der Waals surface area contributed by atoms with Gasteiger partial charge in [0.2, 0.25) is 0 Å². The van der Waals surface area contributed by atoms with Gasteiger partial charge in [0.1, 0.15) is 18.7 Å². The molecule has 0 saturated heterocycles. The van der Waals surface area contributed by atoms with Gasteiger partial charge in [-0.1, -0.05) is 11.6 Å². The molecule has 0 aliphatic rings. The molecule has 0 aliphatic carbocycles. The molecule has 0 unspecified atom stereocenters. The number of aromatic nitrogens is 5. The molecule has 0 spiro atoms. The Morgan fingerprint density at radius 3 is 2.90 bits per heavy atom. The number of tetrazole rings is 1. The van der Waals surface area contributed by atoms with Crippen LogP contribution in [0.1, 0.15) is 6.92 Å². The van der Waals surface area contributed by atoms with Crippen LogP contribution in [0, 0.1) is 0 Å². The fourth-order valence-electron chi connectivity index (χ4n) is 1.35. The van der Waals surface area contributed by atoms with Crippen LogP contribution in [-0.4, -0.2) is 43.2 Å². The van der Waals surface area contributed by atoms with Crippen LogP contribution in [0.4, 0.5) is 5.82 Å². The fourth-order valence-corrected chi connectivity index (χ4v) is 1.46. The largest absolute Gasteiger partial charge is 0.451 e. The monoisotopic (exact) mass is 310 g/mol. The summed E-state index contributed by atoms with van der Waals surface area (Å²) < 4.78 is 6.15. The second-order valence-corrected chi connectivity index (χ2v) is 4.43. The lowest BCUT2D eigenvalue weighted by Gasteiger charge is -2.12. The van der Waals surface area contributed by atoms with Crippen LogP contribution in [0.5, 0.6) is 0 Å². The van der Waals surface area contributed by atoms with Crippen LogP contribution in [0.15, 0.2) is 24.7 Å². The van der Waals surface area contributed by atoms with Gasteiger partial charge in [0.05, 0.1) is 5.02 Å². The van der Waals surface area contributed by atoms with Crippen molar-refractivity contribution in [3.8, 4) is 0 Å². The predicted octanol–water partition coefficient (Wildman–Crippen LogP) is 0.292. The van der Waals surface area contributed by atoms with Gasteiger partial charge >= 0.3 is 5.97 Å². The molecule has 9 nitrogen and oxygen atoms in total. The van der Waals surface area contributed by atoms with E-state index in [1.807, 2.05) is 0 Å². The molecule has 2 heterocycles. The second-order valence-electron chi connectivity index (χ2n) is 3.99. The van der Waals surface area contributed by atoms with Gasteiger partial charge in [-0.25, -0.2) is 9.67 Å². The highest BCUT2D eigenvalue weighted by Crippen LogP contribution is 2.10. The number of nitrogens with zero attached hydrogens (tertiary/aromatic N) is 5. The van der Waals surface area contributed by atoms with Crippen LogP contribution in [0.2, 0.25) is 5.02 Å². The molecule has 0 aromatic carbocycles. The normalized spacial score (nSPS) is 11.7. The van der Waals surface area contributed by atoms with Gasteiger partial charge in [-0.2, -0.15) is 0 Å². The third-order valence-corrected chi connectivity index (χ3v) is 2.56. The predicted molar refractivity (Wildman–Crippen MR) is 71.2 cm³/mol. The number of anilines is 1. The first-order chi connectivity index (χ1) is 10.0. The Morgan fingerprint density at radius 2 is 2.29 bits per heavy atom. The molecule has 2 aromatic heterocycles. The lowest BCUT2D eigenvalue weighted by molar-refractivity contribution is -0.154. The zero-order valence-electron chi connectivity index (χ0n) is 10.9. The molecule has 0 radical (unpaired) electrons. The third-order valence-electron chi connectivity index (χ3n) is 2.34. The summed E-state index contributed by atoms with van der Waals surface area (Å²) in [6.45, 7) is 1.27. The molecule has 0 aliphatic heterocycles.